The maximum Gasteiger partial charge on any atom is 0.251 e. The molecule has 4 N–H and O–H groups in total. The number of carbonyl (C=O) groups is 1. The molecular formula is C13H18BrN3O2. The van der Waals surface area contributed by atoms with Crippen LogP contribution in [0.5, 0.6) is 0 Å². The van der Waals surface area contributed by atoms with Crippen molar-refractivity contribution in [1.82, 2.24) is 10.3 Å². The first-order valence-corrected chi connectivity index (χ1v) is 7.22. The number of amides is 1. The van der Waals surface area contributed by atoms with Crippen molar-refractivity contribution < 1.29 is 9.90 Å². The number of carbonyl (C=O) groups excluding carboxylic acids is 1. The summed E-state index contributed by atoms with van der Waals surface area (Å²) in [6.45, 7) is 0.245. The number of anilines is 1. The second-order valence-electron chi connectivity index (χ2n) is 4.98. The minimum atomic E-state index is -0.123. The standard InChI is InChI=1S/C13H18BrN3O2/c14-11-5-9(6-12(15)17-11)13(19)16-10-3-1-8(7-18)2-4-10/h5-6,8,10,18H,1-4,7H2,(H2,15,17)(H,16,19). The summed E-state index contributed by atoms with van der Waals surface area (Å²) >= 11 is 3.22. The summed E-state index contributed by atoms with van der Waals surface area (Å²) in [4.78, 5) is 16.1. The highest BCUT2D eigenvalue weighted by Gasteiger charge is 2.22. The molecule has 0 bridgehead atoms. The van der Waals surface area contributed by atoms with E-state index in [1.54, 1.807) is 12.1 Å². The van der Waals surface area contributed by atoms with Crippen LogP contribution in [-0.2, 0) is 0 Å². The molecule has 0 radical (unpaired) electrons. The van der Waals surface area contributed by atoms with E-state index in [0.717, 1.165) is 25.7 Å². The first-order valence-electron chi connectivity index (χ1n) is 6.43. The third-order valence-corrected chi connectivity index (χ3v) is 3.92. The number of aliphatic hydroxyl groups excluding tert-OH is 1. The van der Waals surface area contributed by atoms with Gasteiger partial charge in [0.1, 0.15) is 10.4 Å². The Morgan fingerprint density at radius 2 is 2.11 bits per heavy atom. The number of nitrogen functional groups attached to an aromatic ring is 1. The lowest BCUT2D eigenvalue weighted by atomic mass is 9.86. The zero-order chi connectivity index (χ0) is 13.8. The van der Waals surface area contributed by atoms with Gasteiger partial charge in [0.05, 0.1) is 0 Å². The van der Waals surface area contributed by atoms with Crippen LogP contribution in [0, 0.1) is 5.92 Å². The maximum atomic E-state index is 12.1. The molecule has 0 aromatic carbocycles. The molecule has 0 saturated heterocycles. The van der Waals surface area contributed by atoms with Gasteiger partial charge in [-0.1, -0.05) is 0 Å². The number of rotatable bonds is 3. The number of nitrogens with one attached hydrogen (secondary N) is 1. The Hall–Kier alpha value is -1.14. The van der Waals surface area contributed by atoms with Gasteiger partial charge < -0.3 is 16.2 Å². The highest BCUT2D eigenvalue weighted by Crippen LogP contribution is 2.24. The van der Waals surface area contributed by atoms with Crippen molar-refractivity contribution in [3.05, 3.63) is 22.3 Å². The molecule has 1 fully saturated rings. The molecule has 0 spiro atoms. The lowest BCUT2D eigenvalue weighted by Gasteiger charge is -2.28. The van der Waals surface area contributed by atoms with Crippen LogP contribution < -0.4 is 11.1 Å². The molecule has 5 nitrogen and oxygen atoms in total. The van der Waals surface area contributed by atoms with Gasteiger partial charge >= 0.3 is 0 Å². The van der Waals surface area contributed by atoms with Crippen LogP contribution in [0.15, 0.2) is 16.7 Å². The molecule has 104 valence electrons. The van der Waals surface area contributed by atoms with Gasteiger partial charge in [-0.3, -0.25) is 4.79 Å². The number of halogens is 1. The SMILES string of the molecule is Nc1cc(C(=O)NC2CCC(CO)CC2)cc(Br)n1. The van der Waals surface area contributed by atoms with E-state index in [9.17, 15) is 4.79 Å². The van der Waals surface area contributed by atoms with E-state index in [4.69, 9.17) is 10.8 Å². The number of hydrogen-bond acceptors (Lipinski definition) is 4. The van der Waals surface area contributed by atoms with Crippen molar-refractivity contribution in [1.29, 1.82) is 0 Å². The van der Waals surface area contributed by atoms with Crippen molar-refractivity contribution in [2.45, 2.75) is 31.7 Å². The Labute approximate surface area is 120 Å². The monoisotopic (exact) mass is 327 g/mol. The number of pyridine rings is 1. The summed E-state index contributed by atoms with van der Waals surface area (Å²) in [5.74, 6) is 0.588. The summed E-state index contributed by atoms with van der Waals surface area (Å²) in [6.07, 6.45) is 3.75. The van der Waals surface area contributed by atoms with Gasteiger partial charge in [-0.25, -0.2) is 4.98 Å². The van der Waals surface area contributed by atoms with E-state index in [2.05, 4.69) is 26.2 Å². The lowest BCUT2D eigenvalue weighted by Crippen LogP contribution is -2.38. The third-order valence-electron chi connectivity index (χ3n) is 3.52. The van der Waals surface area contributed by atoms with E-state index in [1.165, 1.54) is 0 Å². The Morgan fingerprint density at radius 3 is 2.68 bits per heavy atom. The largest absolute Gasteiger partial charge is 0.396 e. The van der Waals surface area contributed by atoms with E-state index in [1.807, 2.05) is 0 Å². The zero-order valence-corrected chi connectivity index (χ0v) is 12.2. The highest BCUT2D eigenvalue weighted by molar-refractivity contribution is 9.10. The zero-order valence-electron chi connectivity index (χ0n) is 10.6. The molecule has 1 aliphatic carbocycles. The summed E-state index contributed by atoms with van der Waals surface area (Å²) in [7, 11) is 0. The van der Waals surface area contributed by atoms with Crippen molar-refractivity contribution in [3.63, 3.8) is 0 Å². The van der Waals surface area contributed by atoms with Gasteiger partial charge in [0, 0.05) is 18.2 Å². The molecule has 0 aliphatic heterocycles. The van der Waals surface area contributed by atoms with Crippen LogP contribution in [0.3, 0.4) is 0 Å². The second-order valence-corrected chi connectivity index (χ2v) is 5.79. The molecular weight excluding hydrogens is 310 g/mol. The smallest absolute Gasteiger partial charge is 0.251 e. The fourth-order valence-electron chi connectivity index (χ4n) is 2.41. The Morgan fingerprint density at radius 1 is 1.42 bits per heavy atom. The molecule has 1 heterocycles. The molecule has 0 unspecified atom stereocenters. The number of aromatic nitrogens is 1. The van der Waals surface area contributed by atoms with E-state index in [0.29, 0.717) is 21.9 Å². The lowest BCUT2D eigenvalue weighted by molar-refractivity contribution is 0.0914. The minimum absolute atomic E-state index is 0.123. The Bertz CT molecular complexity index is 439. The second kappa shape index (κ2) is 6.34. The van der Waals surface area contributed by atoms with Gasteiger partial charge in [0.2, 0.25) is 0 Å². The topological polar surface area (TPSA) is 88.2 Å². The van der Waals surface area contributed by atoms with Crippen LogP contribution in [-0.4, -0.2) is 28.6 Å². The Balaban J connectivity index is 1.94. The summed E-state index contributed by atoms with van der Waals surface area (Å²) in [6, 6.07) is 3.41. The molecule has 2 rings (SSSR count). The number of hydrogen-bond donors (Lipinski definition) is 3. The van der Waals surface area contributed by atoms with Crippen LogP contribution >= 0.6 is 15.9 Å². The number of aliphatic hydroxyl groups is 1. The first-order chi connectivity index (χ1) is 9.08. The Kier molecular flexibility index (Phi) is 4.76. The fraction of sp³-hybridized carbons (Fsp3) is 0.538. The van der Waals surface area contributed by atoms with Crippen molar-refractivity contribution in [3.8, 4) is 0 Å². The molecule has 0 atom stereocenters. The van der Waals surface area contributed by atoms with Crippen molar-refractivity contribution in [2.24, 2.45) is 5.92 Å². The molecule has 1 amide bonds. The van der Waals surface area contributed by atoms with Crippen LogP contribution in [0.2, 0.25) is 0 Å². The van der Waals surface area contributed by atoms with Gasteiger partial charge in [0.25, 0.3) is 5.91 Å². The van der Waals surface area contributed by atoms with Gasteiger partial charge in [-0.2, -0.15) is 0 Å². The quantitative estimate of drug-likeness (QED) is 0.737. The van der Waals surface area contributed by atoms with E-state index in [-0.39, 0.29) is 18.6 Å². The van der Waals surface area contributed by atoms with Gasteiger partial charge in [0.15, 0.2) is 0 Å². The molecule has 1 aliphatic rings. The molecule has 6 heteroatoms. The highest BCUT2D eigenvalue weighted by atomic mass is 79.9. The average Bonchev–Trinajstić information content (AvgIpc) is 2.38. The predicted molar refractivity (Wildman–Crippen MR) is 76.6 cm³/mol. The van der Waals surface area contributed by atoms with Crippen molar-refractivity contribution in [2.75, 3.05) is 12.3 Å². The van der Waals surface area contributed by atoms with Crippen LogP contribution in [0.25, 0.3) is 0 Å². The number of nitrogens with zero attached hydrogens (tertiary/aromatic N) is 1. The predicted octanol–water partition coefficient (Wildman–Crippen LogP) is 1.71. The first kappa shape index (κ1) is 14.3. The molecule has 1 aromatic heterocycles. The fourth-order valence-corrected chi connectivity index (χ4v) is 2.86. The average molecular weight is 328 g/mol. The molecule has 19 heavy (non-hydrogen) atoms. The normalized spacial score (nSPS) is 23.1. The van der Waals surface area contributed by atoms with Gasteiger partial charge in [-0.15, -0.1) is 0 Å². The van der Waals surface area contributed by atoms with Crippen LogP contribution in [0.4, 0.5) is 5.82 Å². The minimum Gasteiger partial charge on any atom is -0.396 e. The number of nitrogens with two attached hydrogens (primary N) is 1. The summed E-state index contributed by atoms with van der Waals surface area (Å²) in [5, 5.41) is 12.1. The van der Waals surface area contributed by atoms with Crippen LogP contribution in [0.1, 0.15) is 36.0 Å². The van der Waals surface area contributed by atoms with Crippen molar-refractivity contribution >= 4 is 27.7 Å². The maximum absolute atomic E-state index is 12.1. The van der Waals surface area contributed by atoms with Gasteiger partial charge in [-0.05, 0) is 59.7 Å². The third kappa shape index (κ3) is 3.91. The summed E-state index contributed by atoms with van der Waals surface area (Å²) in [5.41, 5.74) is 6.13. The molecule has 1 saturated carbocycles. The van der Waals surface area contributed by atoms with E-state index < -0.39 is 0 Å². The summed E-state index contributed by atoms with van der Waals surface area (Å²) < 4.78 is 0.557. The molecule has 1 aromatic rings. The van der Waals surface area contributed by atoms with E-state index >= 15 is 0 Å².